The molecule has 0 saturated carbocycles. The predicted octanol–water partition coefficient (Wildman–Crippen LogP) is 1.88. The van der Waals surface area contributed by atoms with Gasteiger partial charge in [0.2, 0.25) is 0 Å². The highest BCUT2D eigenvalue weighted by Gasteiger charge is 2.33. The van der Waals surface area contributed by atoms with E-state index < -0.39 is 22.8 Å². The molecule has 1 aromatic carbocycles. The van der Waals surface area contributed by atoms with Crippen molar-refractivity contribution in [3.05, 3.63) is 34.1 Å². The minimum Gasteiger partial charge on any atom is -0.467 e. The van der Waals surface area contributed by atoms with Gasteiger partial charge in [-0.05, 0) is 18.9 Å². The topological polar surface area (TPSA) is 72.7 Å². The highest BCUT2D eigenvalue weighted by Crippen LogP contribution is 2.30. The van der Waals surface area contributed by atoms with Crippen molar-refractivity contribution in [3.63, 3.8) is 0 Å². The predicted molar refractivity (Wildman–Crippen MR) is 65.4 cm³/mol. The summed E-state index contributed by atoms with van der Waals surface area (Å²) < 4.78 is 18.6. The molecule has 1 aliphatic rings. The van der Waals surface area contributed by atoms with Gasteiger partial charge in [0, 0.05) is 12.6 Å². The third kappa shape index (κ3) is 2.49. The second-order valence-corrected chi connectivity index (χ2v) is 4.27. The molecule has 6 nitrogen and oxygen atoms in total. The Kier molecular flexibility index (Phi) is 3.64. The lowest BCUT2D eigenvalue weighted by Gasteiger charge is -2.24. The number of esters is 1. The van der Waals surface area contributed by atoms with Gasteiger partial charge in [0.1, 0.15) is 6.04 Å². The van der Waals surface area contributed by atoms with Crippen LogP contribution in [-0.4, -0.2) is 30.6 Å². The summed E-state index contributed by atoms with van der Waals surface area (Å²) in [7, 11) is 1.28. The van der Waals surface area contributed by atoms with Gasteiger partial charge in [0.05, 0.1) is 23.8 Å². The number of halogens is 1. The van der Waals surface area contributed by atoms with E-state index >= 15 is 0 Å². The van der Waals surface area contributed by atoms with Gasteiger partial charge in [-0.25, -0.2) is 9.18 Å². The van der Waals surface area contributed by atoms with Crippen LogP contribution in [0.4, 0.5) is 15.8 Å². The third-order valence-corrected chi connectivity index (χ3v) is 3.18. The van der Waals surface area contributed by atoms with E-state index in [1.807, 2.05) is 0 Å². The standard InChI is InChI=1S/C12H13FN2O4/c1-19-12(16)11-3-2-6-14(11)10-5-4-8(15(17)18)7-9(10)13/h4-5,7,11H,2-3,6H2,1H3. The Hall–Kier alpha value is -2.18. The normalized spacial score (nSPS) is 18.4. The Balaban J connectivity index is 2.31. The van der Waals surface area contributed by atoms with Crippen molar-refractivity contribution >= 4 is 17.3 Å². The second kappa shape index (κ2) is 5.21. The molecular weight excluding hydrogens is 255 g/mol. The third-order valence-electron chi connectivity index (χ3n) is 3.18. The number of anilines is 1. The molecule has 1 fully saturated rings. The first-order valence-electron chi connectivity index (χ1n) is 5.83. The zero-order chi connectivity index (χ0) is 14.0. The fraction of sp³-hybridized carbons (Fsp3) is 0.417. The van der Waals surface area contributed by atoms with Crippen LogP contribution in [0, 0.1) is 15.9 Å². The maximum atomic E-state index is 13.9. The molecule has 0 amide bonds. The molecule has 1 aromatic rings. The molecule has 2 rings (SSSR count). The highest BCUT2D eigenvalue weighted by atomic mass is 19.1. The van der Waals surface area contributed by atoms with Gasteiger partial charge < -0.3 is 9.64 Å². The number of hydrogen-bond donors (Lipinski definition) is 0. The molecule has 1 heterocycles. The molecule has 0 aliphatic carbocycles. The van der Waals surface area contributed by atoms with Crippen LogP contribution < -0.4 is 4.90 Å². The lowest BCUT2D eigenvalue weighted by atomic mass is 10.2. The van der Waals surface area contributed by atoms with Crippen LogP contribution in [0.15, 0.2) is 18.2 Å². The van der Waals surface area contributed by atoms with E-state index in [1.54, 1.807) is 4.90 Å². The van der Waals surface area contributed by atoms with Crippen molar-refractivity contribution in [1.29, 1.82) is 0 Å². The lowest BCUT2D eigenvalue weighted by molar-refractivity contribution is -0.385. The molecule has 1 aliphatic heterocycles. The summed E-state index contributed by atoms with van der Waals surface area (Å²) in [5.41, 5.74) is -0.117. The Morgan fingerprint density at radius 1 is 1.58 bits per heavy atom. The number of carbonyl (C=O) groups is 1. The summed E-state index contributed by atoms with van der Waals surface area (Å²) in [4.78, 5) is 23.1. The number of carbonyl (C=O) groups excluding carboxylic acids is 1. The zero-order valence-electron chi connectivity index (χ0n) is 10.3. The van der Waals surface area contributed by atoms with Crippen molar-refractivity contribution in [2.75, 3.05) is 18.6 Å². The van der Waals surface area contributed by atoms with Crippen LogP contribution in [0.5, 0.6) is 0 Å². The number of benzene rings is 1. The molecule has 0 bridgehead atoms. The number of nitro benzene ring substituents is 1. The van der Waals surface area contributed by atoms with Crippen molar-refractivity contribution in [3.8, 4) is 0 Å². The Morgan fingerprint density at radius 2 is 2.32 bits per heavy atom. The number of non-ortho nitro benzene ring substituents is 1. The molecule has 0 aromatic heterocycles. The SMILES string of the molecule is COC(=O)C1CCCN1c1ccc([N+](=O)[O-])cc1F. The average molecular weight is 268 g/mol. The molecule has 1 saturated heterocycles. The zero-order valence-corrected chi connectivity index (χ0v) is 10.3. The molecule has 1 unspecified atom stereocenters. The first-order valence-corrected chi connectivity index (χ1v) is 5.83. The minimum atomic E-state index is -0.704. The van der Waals surface area contributed by atoms with E-state index in [-0.39, 0.29) is 11.4 Å². The number of ether oxygens (including phenoxy) is 1. The molecular formula is C12H13FN2O4. The van der Waals surface area contributed by atoms with Crippen LogP contribution >= 0.6 is 0 Å². The van der Waals surface area contributed by atoms with Crippen molar-refractivity contribution in [2.45, 2.75) is 18.9 Å². The molecule has 0 radical (unpaired) electrons. The fourth-order valence-electron chi connectivity index (χ4n) is 2.28. The quantitative estimate of drug-likeness (QED) is 0.475. The monoisotopic (exact) mass is 268 g/mol. The van der Waals surface area contributed by atoms with Gasteiger partial charge in [-0.15, -0.1) is 0 Å². The van der Waals surface area contributed by atoms with Gasteiger partial charge in [-0.1, -0.05) is 0 Å². The number of rotatable bonds is 3. The summed E-state index contributed by atoms with van der Waals surface area (Å²) >= 11 is 0. The second-order valence-electron chi connectivity index (χ2n) is 4.27. The molecule has 19 heavy (non-hydrogen) atoms. The summed E-state index contributed by atoms with van der Waals surface area (Å²) in [6, 6.07) is 2.89. The van der Waals surface area contributed by atoms with Crippen LogP contribution in [-0.2, 0) is 9.53 Å². The Morgan fingerprint density at radius 3 is 2.89 bits per heavy atom. The van der Waals surface area contributed by atoms with Crippen LogP contribution in [0.1, 0.15) is 12.8 Å². The molecule has 7 heteroatoms. The van der Waals surface area contributed by atoms with Crippen molar-refractivity contribution in [1.82, 2.24) is 0 Å². The number of methoxy groups -OCH3 is 1. The van der Waals surface area contributed by atoms with E-state index in [0.29, 0.717) is 13.0 Å². The van der Waals surface area contributed by atoms with Gasteiger partial charge in [0.15, 0.2) is 5.82 Å². The number of nitro groups is 1. The average Bonchev–Trinajstić information content (AvgIpc) is 2.86. The number of hydrogen-bond acceptors (Lipinski definition) is 5. The molecule has 102 valence electrons. The first-order chi connectivity index (χ1) is 9.04. The van der Waals surface area contributed by atoms with Crippen molar-refractivity contribution < 1.29 is 18.8 Å². The maximum Gasteiger partial charge on any atom is 0.328 e. The summed E-state index contributed by atoms with van der Waals surface area (Å²) in [6.45, 7) is 0.522. The molecule has 0 spiro atoms. The van der Waals surface area contributed by atoms with E-state index in [9.17, 15) is 19.3 Å². The maximum absolute atomic E-state index is 13.9. The van der Waals surface area contributed by atoms with Crippen LogP contribution in [0.3, 0.4) is 0 Å². The van der Waals surface area contributed by atoms with Crippen LogP contribution in [0.2, 0.25) is 0 Å². The molecule has 0 N–H and O–H groups in total. The largest absolute Gasteiger partial charge is 0.467 e. The van der Waals surface area contributed by atoms with Gasteiger partial charge in [-0.3, -0.25) is 10.1 Å². The van der Waals surface area contributed by atoms with E-state index in [0.717, 1.165) is 12.5 Å². The summed E-state index contributed by atoms with van der Waals surface area (Å²) in [5, 5.41) is 10.6. The van der Waals surface area contributed by atoms with Gasteiger partial charge in [0.25, 0.3) is 5.69 Å². The van der Waals surface area contributed by atoms with Crippen molar-refractivity contribution in [2.24, 2.45) is 0 Å². The van der Waals surface area contributed by atoms with Gasteiger partial charge in [-0.2, -0.15) is 0 Å². The summed E-state index contributed by atoms with van der Waals surface area (Å²) in [5.74, 6) is -1.12. The Bertz CT molecular complexity index is 520. The minimum absolute atomic E-state index is 0.193. The first kappa shape index (κ1) is 13.3. The Labute approximate surface area is 108 Å². The fourth-order valence-corrected chi connectivity index (χ4v) is 2.28. The van der Waals surface area contributed by atoms with E-state index in [2.05, 4.69) is 4.74 Å². The molecule has 1 atom stereocenters. The van der Waals surface area contributed by atoms with E-state index in [1.165, 1.54) is 19.2 Å². The highest BCUT2D eigenvalue weighted by molar-refractivity contribution is 5.81. The lowest BCUT2D eigenvalue weighted by Crippen LogP contribution is -2.37. The summed E-state index contributed by atoms with van der Waals surface area (Å²) in [6.07, 6.45) is 1.33. The van der Waals surface area contributed by atoms with E-state index in [4.69, 9.17) is 0 Å². The van der Waals surface area contributed by atoms with Gasteiger partial charge >= 0.3 is 5.97 Å². The number of nitrogens with zero attached hydrogens (tertiary/aromatic N) is 2. The van der Waals surface area contributed by atoms with Crippen LogP contribution in [0.25, 0.3) is 0 Å². The smallest absolute Gasteiger partial charge is 0.328 e.